The number of hydrogen-bond acceptors (Lipinski definition) is 1. The van der Waals surface area contributed by atoms with Crippen molar-refractivity contribution in [3.8, 4) is 16.9 Å². The van der Waals surface area contributed by atoms with E-state index in [1.807, 2.05) is 0 Å². The number of aryl methyl sites for hydroxylation is 2. The molecule has 0 radical (unpaired) electrons. The van der Waals surface area contributed by atoms with Crippen LogP contribution in [0, 0.1) is 5.92 Å². The highest BCUT2D eigenvalue weighted by Crippen LogP contribution is 2.32. The molecule has 0 saturated carbocycles. The fourth-order valence-electron chi connectivity index (χ4n) is 4.61. The van der Waals surface area contributed by atoms with Gasteiger partial charge in [-0.25, -0.2) is 0 Å². The van der Waals surface area contributed by atoms with Gasteiger partial charge >= 0.3 is 0 Å². The third-order valence-electron chi connectivity index (χ3n) is 6.55. The molecule has 4 rings (SSSR count). The number of benzene rings is 3. The molecular weight excluding hydrogens is 388 g/mol. The Morgan fingerprint density at radius 1 is 0.656 bits per heavy atom. The van der Waals surface area contributed by atoms with Crippen molar-refractivity contribution in [3.05, 3.63) is 102 Å². The summed E-state index contributed by atoms with van der Waals surface area (Å²) < 4.78 is 6.06. The van der Waals surface area contributed by atoms with E-state index in [2.05, 4.69) is 98.8 Å². The molecule has 0 bridgehead atoms. The summed E-state index contributed by atoms with van der Waals surface area (Å²) in [5.74, 6) is 2.00. The maximum atomic E-state index is 6.06. The average Bonchev–Trinajstić information content (AvgIpc) is 2.85. The molecule has 0 fully saturated rings. The number of ether oxygens (including phenoxy) is 1. The van der Waals surface area contributed by atoms with Crippen molar-refractivity contribution in [2.75, 3.05) is 6.61 Å². The number of allylic oxidation sites excluding steroid dienone is 1. The van der Waals surface area contributed by atoms with Gasteiger partial charge in [-0.2, -0.15) is 0 Å². The van der Waals surface area contributed by atoms with E-state index >= 15 is 0 Å². The molecule has 1 heteroatoms. The van der Waals surface area contributed by atoms with Crippen molar-refractivity contribution < 1.29 is 4.74 Å². The van der Waals surface area contributed by atoms with Crippen LogP contribution in [0.3, 0.4) is 0 Å². The maximum Gasteiger partial charge on any atom is 0.119 e. The van der Waals surface area contributed by atoms with Gasteiger partial charge < -0.3 is 4.74 Å². The molecule has 0 N–H and O–H groups in total. The zero-order valence-corrected chi connectivity index (χ0v) is 19.6. The molecule has 0 heterocycles. The van der Waals surface area contributed by atoms with Gasteiger partial charge in [0, 0.05) is 11.8 Å². The third kappa shape index (κ3) is 5.91. The van der Waals surface area contributed by atoms with Crippen molar-refractivity contribution in [1.82, 2.24) is 0 Å². The SMILES string of the molecule is CCCc1ccc(OCC2C=CC(c3ccc(-c4ccc(CCC)cc4)cc3)CC2)cc1. The minimum Gasteiger partial charge on any atom is -0.493 e. The normalized spacial score (nSPS) is 17.9. The molecule has 0 amide bonds. The largest absolute Gasteiger partial charge is 0.493 e. The van der Waals surface area contributed by atoms with Crippen LogP contribution < -0.4 is 4.74 Å². The first-order chi connectivity index (χ1) is 15.7. The molecule has 0 spiro atoms. The van der Waals surface area contributed by atoms with Crippen molar-refractivity contribution in [1.29, 1.82) is 0 Å². The first-order valence-electron chi connectivity index (χ1n) is 12.3. The van der Waals surface area contributed by atoms with Crippen LogP contribution in [-0.2, 0) is 12.8 Å². The first-order valence-corrected chi connectivity index (χ1v) is 12.3. The Labute approximate surface area is 194 Å². The number of rotatable bonds is 9. The summed E-state index contributed by atoms with van der Waals surface area (Å²) in [6.45, 7) is 5.21. The van der Waals surface area contributed by atoms with Crippen molar-refractivity contribution in [2.24, 2.45) is 5.92 Å². The average molecular weight is 425 g/mol. The van der Waals surface area contributed by atoms with Gasteiger partial charge in [0.15, 0.2) is 0 Å². The second kappa shape index (κ2) is 11.2. The summed E-state index contributed by atoms with van der Waals surface area (Å²) >= 11 is 0. The quantitative estimate of drug-likeness (QED) is 0.313. The first kappa shape index (κ1) is 22.4. The lowest BCUT2D eigenvalue weighted by molar-refractivity contribution is 0.260. The van der Waals surface area contributed by atoms with Crippen LogP contribution in [0.5, 0.6) is 5.75 Å². The Hall–Kier alpha value is -2.80. The Kier molecular flexibility index (Phi) is 7.82. The van der Waals surface area contributed by atoms with E-state index in [0.717, 1.165) is 25.2 Å². The Balaban J connectivity index is 1.30. The summed E-state index contributed by atoms with van der Waals surface area (Å²) in [5.41, 5.74) is 6.83. The van der Waals surface area contributed by atoms with Gasteiger partial charge in [0.2, 0.25) is 0 Å². The van der Waals surface area contributed by atoms with Crippen LogP contribution >= 0.6 is 0 Å². The fraction of sp³-hybridized carbons (Fsp3) is 0.355. The maximum absolute atomic E-state index is 6.06. The van der Waals surface area contributed by atoms with Crippen LogP contribution in [0.2, 0.25) is 0 Å². The standard InChI is InChI=1S/C31H36O/c1-3-5-24-7-13-27(14-8-24)29-17-19-30(20-18-29)28-15-9-26(10-16-28)23-32-31-21-11-25(6-4-2)12-22-31/h7-9,11-15,17-22,26,28H,3-6,10,16,23H2,1-2H3. The van der Waals surface area contributed by atoms with Crippen LogP contribution in [-0.4, -0.2) is 6.61 Å². The molecule has 1 aliphatic rings. The van der Waals surface area contributed by atoms with Gasteiger partial charge in [-0.3, -0.25) is 0 Å². The molecule has 2 atom stereocenters. The van der Waals surface area contributed by atoms with Gasteiger partial charge in [0.05, 0.1) is 6.61 Å². The molecule has 1 aliphatic carbocycles. The Morgan fingerprint density at radius 2 is 1.22 bits per heavy atom. The van der Waals surface area contributed by atoms with E-state index in [4.69, 9.17) is 4.74 Å². The van der Waals surface area contributed by atoms with Gasteiger partial charge in [-0.1, -0.05) is 99.5 Å². The van der Waals surface area contributed by atoms with E-state index in [1.165, 1.54) is 53.5 Å². The molecule has 1 nitrogen and oxygen atoms in total. The van der Waals surface area contributed by atoms with Crippen LogP contribution in [0.25, 0.3) is 11.1 Å². The molecule has 0 aliphatic heterocycles. The minimum atomic E-state index is 0.502. The van der Waals surface area contributed by atoms with E-state index in [1.54, 1.807) is 0 Å². The highest BCUT2D eigenvalue weighted by atomic mass is 16.5. The van der Waals surface area contributed by atoms with Crippen LogP contribution in [0.15, 0.2) is 84.9 Å². The molecule has 0 aromatic heterocycles. The zero-order valence-electron chi connectivity index (χ0n) is 19.6. The third-order valence-corrected chi connectivity index (χ3v) is 6.55. The smallest absolute Gasteiger partial charge is 0.119 e. The van der Waals surface area contributed by atoms with Crippen molar-refractivity contribution in [2.45, 2.75) is 58.3 Å². The van der Waals surface area contributed by atoms with E-state index in [0.29, 0.717) is 11.8 Å². The summed E-state index contributed by atoms with van der Waals surface area (Å²) in [6.07, 6.45) is 11.8. The molecule has 32 heavy (non-hydrogen) atoms. The highest BCUT2D eigenvalue weighted by molar-refractivity contribution is 5.64. The summed E-state index contributed by atoms with van der Waals surface area (Å²) in [7, 11) is 0. The Bertz CT molecular complexity index is 980. The second-order valence-electron chi connectivity index (χ2n) is 9.10. The predicted molar refractivity (Wildman–Crippen MR) is 136 cm³/mol. The van der Waals surface area contributed by atoms with Gasteiger partial charge in [-0.15, -0.1) is 0 Å². The lowest BCUT2D eigenvalue weighted by atomic mass is 9.84. The van der Waals surface area contributed by atoms with E-state index in [-0.39, 0.29) is 0 Å². The predicted octanol–water partition coefficient (Wildman–Crippen LogP) is 8.39. The van der Waals surface area contributed by atoms with Gasteiger partial charge in [-0.05, 0) is 65.6 Å². The second-order valence-corrected chi connectivity index (χ2v) is 9.10. The molecular formula is C31H36O. The molecule has 2 unspecified atom stereocenters. The van der Waals surface area contributed by atoms with Crippen LogP contribution in [0.4, 0.5) is 0 Å². The van der Waals surface area contributed by atoms with Gasteiger partial charge in [0.1, 0.15) is 5.75 Å². The Morgan fingerprint density at radius 3 is 1.75 bits per heavy atom. The van der Waals surface area contributed by atoms with Crippen molar-refractivity contribution in [3.63, 3.8) is 0 Å². The fourth-order valence-corrected chi connectivity index (χ4v) is 4.61. The lowest BCUT2D eigenvalue weighted by Gasteiger charge is -2.23. The molecule has 0 saturated heterocycles. The minimum absolute atomic E-state index is 0.502. The molecule has 3 aromatic rings. The topological polar surface area (TPSA) is 9.23 Å². The van der Waals surface area contributed by atoms with E-state index < -0.39 is 0 Å². The monoisotopic (exact) mass is 424 g/mol. The molecule has 3 aromatic carbocycles. The highest BCUT2D eigenvalue weighted by Gasteiger charge is 2.18. The summed E-state index contributed by atoms with van der Waals surface area (Å²) in [5, 5.41) is 0. The summed E-state index contributed by atoms with van der Waals surface area (Å²) in [4.78, 5) is 0. The lowest BCUT2D eigenvalue weighted by Crippen LogP contribution is -2.15. The van der Waals surface area contributed by atoms with Gasteiger partial charge in [0.25, 0.3) is 0 Å². The van der Waals surface area contributed by atoms with Crippen molar-refractivity contribution >= 4 is 0 Å². The number of hydrogen-bond donors (Lipinski definition) is 0. The zero-order chi connectivity index (χ0) is 22.2. The molecule has 166 valence electrons. The van der Waals surface area contributed by atoms with E-state index in [9.17, 15) is 0 Å². The van der Waals surface area contributed by atoms with Crippen LogP contribution in [0.1, 0.15) is 62.1 Å². The summed E-state index contributed by atoms with van der Waals surface area (Å²) in [6, 6.07) is 26.8.